The summed E-state index contributed by atoms with van der Waals surface area (Å²) in [7, 11) is -3.56. The number of nitrogens with one attached hydrogen (secondary N) is 1. The van der Waals surface area contributed by atoms with E-state index in [2.05, 4.69) is 5.32 Å². The van der Waals surface area contributed by atoms with Crippen molar-refractivity contribution in [2.75, 3.05) is 18.4 Å². The van der Waals surface area contributed by atoms with Crippen molar-refractivity contribution in [1.82, 2.24) is 4.31 Å². The lowest BCUT2D eigenvalue weighted by atomic mass is 9.97. The lowest BCUT2D eigenvalue weighted by molar-refractivity contribution is -0.120. The summed E-state index contributed by atoms with van der Waals surface area (Å²) in [5.41, 5.74) is 1.92. The molecule has 2 aromatic rings. The number of sulfonamides is 1. The molecule has 5 nitrogen and oxygen atoms in total. The third kappa shape index (κ3) is 4.36. The minimum Gasteiger partial charge on any atom is -0.323 e. The Hall–Kier alpha value is -2.25. The minimum atomic E-state index is -3.56. The Morgan fingerprint density at radius 1 is 1.04 bits per heavy atom. The first-order valence-corrected chi connectivity index (χ1v) is 10.4. The molecule has 1 aliphatic rings. The van der Waals surface area contributed by atoms with Crippen molar-refractivity contribution in [2.24, 2.45) is 5.92 Å². The van der Waals surface area contributed by atoms with Crippen LogP contribution in [0.25, 0.3) is 0 Å². The average Bonchev–Trinajstić information content (AvgIpc) is 2.64. The van der Waals surface area contributed by atoms with Gasteiger partial charge in [0.2, 0.25) is 15.9 Å². The van der Waals surface area contributed by atoms with Crippen molar-refractivity contribution in [3.63, 3.8) is 0 Å². The highest BCUT2D eigenvalue weighted by molar-refractivity contribution is 7.89. The molecular formula is C20H23FN2O3S. The molecule has 0 spiro atoms. The van der Waals surface area contributed by atoms with E-state index < -0.39 is 15.8 Å². The van der Waals surface area contributed by atoms with E-state index in [1.165, 1.54) is 10.4 Å². The van der Waals surface area contributed by atoms with Gasteiger partial charge >= 0.3 is 0 Å². The van der Waals surface area contributed by atoms with E-state index in [1.807, 2.05) is 6.92 Å². The maximum atomic E-state index is 13.9. The maximum absolute atomic E-state index is 13.9. The summed E-state index contributed by atoms with van der Waals surface area (Å²) >= 11 is 0. The molecule has 0 bridgehead atoms. The molecule has 1 saturated heterocycles. The fraction of sp³-hybridized carbons (Fsp3) is 0.350. The lowest BCUT2D eigenvalue weighted by Crippen LogP contribution is -2.41. The number of carbonyl (C=O) groups excluding carboxylic acids is 1. The second kappa shape index (κ2) is 7.78. The van der Waals surface area contributed by atoms with Crippen molar-refractivity contribution in [3.8, 4) is 0 Å². The zero-order valence-corrected chi connectivity index (χ0v) is 16.2. The molecule has 27 heavy (non-hydrogen) atoms. The van der Waals surface area contributed by atoms with Crippen LogP contribution in [-0.2, 0) is 14.8 Å². The second-order valence-electron chi connectivity index (χ2n) is 6.96. The number of anilines is 1. The molecule has 0 atom stereocenters. The van der Waals surface area contributed by atoms with Gasteiger partial charge in [0.15, 0.2) is 0 Å². The fourth-order valence-corrected chi connectivity index (χ4v) is 4.64. The molecule has 1 amide bonds. The number of amides is 1. The summed E-state index contributed by atoms with van der Waals surface area (Å²) in [6.07, 6.45) is 0.814. The Bertz CT molecular complexity index is 934. The number of hydrogen-bond acceptors (Lipinski definition) is 3. The molecule has 1 heterocycles. The second-order valence-corrected chi connectivity index (χ2v) is 8.90. The highest BCUT2D eigenvalue weighted by Gasteiger charge is 2.32. The van der Waals surface area contributed by atoms with E-state index in [9.17, 15) is 17.6 Å². The number of piperidine rings is 1. The van der Waals surface area contributed by atoms with Crippen LogP contribution in [0.5, 0.6) is 0 Å². The van der Waals surface area contributed by atoms with E-state index in [1.54, 1.807) is 43.3 Å². The molecule has 0 aliphatic carbocycles. The number of rotatable bonds is 4. The number of halogens is 1. The van der Waals surface area contributed by atoms with E-state index in [0.717, 1.165) is 11.1 Å². The Labute approximate surface area is 159 Å². The Kier molecular flexibility index (Phi) is 5.62. The summed E-state index contributed by atoms with van der Waals surface area (Å²) < 4.78 is 40.8. The Morgan fingerprint density at radius 2 is 1.63 bits per heavy atom. The highest BCUT2D eigenvalue weighted by atomic mass is 32.2. The number of nitrogens with zero attached hydrogens (tertiary/aromatic N) is 1. The molecule has 1 N–H and O–H groups in total. The topological polar surface area (TPSA) is 66.5 Å². The van der Waals surface area contributed by atoms with Gasteiger partial charge in [0, 0.05) is 19.0 Å². The fourth-order valence-electron chi connectivity index (χ4n) is 3.17. The van der Waals surface area contributed by atoms with Crippen LogP contribution in [0.3, 0.4) is 0 Å². The van der Waals surface area contributed by atoms with Gasteiger partial charge in [-0.2, -0.15) is 4.31 Å². The molecule has 0 aromatic heterocycles. The zero-order valence-electron chi connectivity index (χ0n) is 15.4. The predicted molar refractivity (Wildman–Crippen MR) is 102 cm³/mol. The molecule has 1 fully saturated rings. The summed E-state index contributed by atoms with van der Waals surface area (Å²) in [5.74, 6) is -1.08. The van der Waals surface area contributed by atoms with Crippen molar-refractivity contribution in [1.29, 1.82) is 0 Å². The third-order valence-electron chi connectivity index (χ3n) is 4.87. The first kappa shape index (κ1) is 19.5. The van der Waals surface area contributed by atoms with Crippen LogP contribution in [0.2, 0.25) is 0 Å². The normalized spacial score (nSPS) is 16.3. The molecule has 0 radical (unpaired) electrons. The molecule has 0 saturated carbocycles. The Balaban J connectivity index is 1.62. The van der Waals surface area contributed by atoms with Gasteiger partial charge < -0.3 is 5.32 Å². The van der Waals surface area contributed by atoms with Gasteiger partial charge in [-0.25, -0.2) is 12.8 Å². The molecule has 0 unspecified atom stereocenters. The highest BCUT2D eigenvalue weighted by Crippen LogP contribution is 2.25. The van der Waals surface area contributed by atoms with Gasteiger partial charge in [-0.1, -0.05) is 23.8 Å². The van der Waals surface area contributed by atoms with E-state index >= 15 is 0 Å². The first-order valence-electron chi connectivity index (χ1n) is 8.91. The van der Waals surface area contributed by atoms with E-state index in [-0.39, 0.29) is 35.5 Å². The lowest BCUT2D eigenvalue weighted by Gasteiger charge is -2.30. The number of aryl methyl sites for hydroxylation is 2. The van der Waals surface area contributed by atoms with Crippen molar-refractivity contribution in [2.45, 2.75) is 31.6 Å². The number of carbonyl (C=O) groups is 1. The maximum Gasteiger partial charge on any atom is 0.243 e. The largest absolute Gasteiger partial charge is 0.323 e. The molecule has 3 rings (SSSR count). The zero-order chi connectivity index (χ0) is 19.6. The van der Waals surface area contributed by atoms with Crippen LogP contribution >= 0.6 is 0 Å². The molecule has 144 valence electrons. The van der Waals surface area contributed by atoms with Crippen LogP contribution in [-0.4, -0.2) is 31.7 Å². The van der Waals surface area contributed by atoms with E-state index in [0.29, 0.717) is 12.8 Å². The molecular weight excluding hydrogens is 367 g/mol. The van der Waals surface area contributed by atoms with Crippen molar-refractivity contribution >= 4 is 21.6 Å². The van der Waals surface area contributed by atoms with Gasteiger partial charge in [-0.15, -0.1) is 0 Å². The van der Waals surface area contributed by atoms with Crippen molar-refractivity contribution < 1.29 is 17.6 Å². The van der Waals surface area contributed by atoms with Crippen LogP contribution < -0.4 is 5.32 Å². The summed E-state index contributed by atoms with van der Waals surface area (Å²) in [4.78, 5) is 12.7. The number of hydrogen-bond donors (Lipinski definition) is 1. The average molecular weight is 390 g/mol. The monoisotopic (exact) mass is 390 g/mol. The quantitative estimate of drug-likeness (QED) is 0.869. The van der Waals surface area contributed by atoms with Crippen LogP contribution in [0.15, 0.2) is 47.4 Å². The summed E-state index contributed by atoms with van der Waals surface area (Å²) in [6.45, 7) is 4.21. The van der Waals surface area contributed by atoms with Crippen molar-refractivity contribution in [3.05, 3.63) is 59.4 Å². The molecule has 1 aliphatic heterocycles. The van der Waals surface area contributed by atoms with Crippen LogP contribution in [0, 0.1) is 25.6 Å². The molecule has 2 aromatic carbocycles. The van der Waals surface area contributed by atoms with E-state index in [4.69, 9.17) is 0 Å². The summed E-state index contributed by atoms with van der Waals surface area (Å²) in [6, 6.07) is 11.4. The number of benzene rings is 2. The first-order chi connectivity index (χ1) is 12.8. The minimum absolute atomic E-state index is 0.153. The predicted octanol–water partition coefficient (Wildman–Crippen LogP) is 3.48. The smallest absolute Gasteiger partial charge is 0.243 e. The van der Waals surface area contributed by atoms with Gasteiger partial charge in [-0.05, 0) is 56.5 Å². The van der Waals surface area contributed by atoms with Crippen LogP contribution in [0.4, 0.5) is 10.1 Å². The van der Waals surface area contributed by atoms with Crippen LogP contribution in [0.1, 0.15) is 24.0 Å². The van der Waals surface area contributed by atoms with Gasteiger partial charge in [0.1, 0.15) is 5.82 Å². The van der Waals surface area contributed by atoms with Gasteiger partial charge in [-0.3, -0.25) is 4.79 Å². The third-order valence-corrected chi connectivity index (χ3v) is 6.78. The standard InChI is InChI=1S/C20H23FN2O3S/c1-14-3-6-17(7-4-14)27(25,26)23-11-9-16(10-12-23)20(24)22-19-8-5-15(2)13-18(19)21/h3-8,13,16H,9-12H2,1-2H3,(H,22,24). The SMILES string of the molecule is Cc1ccc(S(=O)(=O)N2CCC(C(=O)Nc3ccc(C)cc3F)CC2)cc1. The van der Waals surface area contributed by atoms with Gasteiger partial charge in [0.05, 0.1) is 10.6 Å². The molecule has 7 heteroatoms. The van der Waals surface area contributed by atoms with Gasteiger partial charge in [0.25, 0.3) is 0 Å². The Morgan fingerprint density at radius 3 is 2.22 bits per heavy atom. The summed E-state index contributed by atoms with van der Waals surface area (Å²) in [5, 5.41) is 2.62.